The number of hydrogen-bond donors (Lipinski definition) is 0. The van der Waals surface area contributed by atoms with Crippen molar-refractivity contribution in [1.82, 2.24) is 4.98 Å². The lowest BCUT2D eigenvalue weighted by atomic mass is 10.3. The second-order valence-corrected chi connectivity index (χ2v) is 7.26. The summed E-state index contributed by atoms with van der Waals surface area (Å²) in [6, 6.07) is 9.81. The zero-order valence-corrected chi connectivity index (χ0v) is 15.6. The van der Waals surface area contributed by atoms with Crippen LogP contribution >= 0.6 is 27.7 Å². The molecule has 24 heavy (non-hydrogen) atoms. The zero-order chi connectivity index (χ0) is 17.7. The normalized spacial score (nSPS) is 11.8. The highest BCUT2D eigenvalue weighted by molar-refractivity contribution is 9.10. The number of hydrogen-bond acceptors (Lipinski definition) is 5. The van der Waals surface area contributed by atoms with Crippen LogP contribution in [0.1, 0.15) is 13.8 Å². The number of pyridine rings is 1. The molecule has 1 atom stereocenters. The summed E-state index contributed by atoms with van der Waals surface area (Å²) in [5.41, 5.74) is 0.0348. The number of amides is 1. The van der Waals surface area contributed by atoms with Crippen molar-refractivity contribution in [3.8, 4) is 0 Å². The number of nitro groups is 1. The maximum absolute atomic E-state index is 12.7. The molecule has 6 nitrogen and oxygen atoms in total. The molecule has 0 aliphatic carbocycles. The van der Waals surface area contributed by atoms with E-state index >= 15 is 0 Å². The van der Waals surface area contributed by atoms with Gasteiger partial charge in [0.1, 0.15) is 5.82 Å². The van der Waals surface area contributed by atoms with Crippen molar-refractivity contribution >= 4 is 45.1 Å². The topological polar surface area (TPSA) is 76.3 Å². The molecule has 8 heteroatoms. The smallest absolute Gasteiger partial charge is 0.269 e. The second kappa shape index (κ2) is 8.25. The number of thioether (sulfide) groups is 1. The number of anilines is 1. The van der Waals surface area contributed by atoms with Gasteiger partial charge in [-0.1, -0.05) is 0 Å². The second-order valence-electron chi connectivity index (χ2n) is 4.93. The third-order valence-electron chi connectivity index (χ3n) is 3.28. The van der Waals surface area contributed by atoms with E-state index in [1.165, 1.54) is 23.9 Å². The Morgan fingerprint density at radius 1 is 1.33 bits per heavy atom. The van der Waals surface area contributed by atoms with Crippen LogP contribution in [0.15, 0.2) is 52.0 Å². The Kier molecular flexibility index (Phi) is 6.33. The highest BCUT2D eigenvalue weighted by atomic mass is 79.9. The van der Waals surface area contributed by atoms with E-state index in [0.717, 1.165) is 9.37 Å². The lowest BCUT2D eigenvalue weighted by molar-refractivity contribution is -0.384. The summed E-state index contributed by atoms with van der Waals surface area (Å²) >= 11 is 4.69. The maximum Gasteiger partial charge on any atom is 0.269 e. The van der Waals surface area contributed by atoms with Crippen LogP contribution in [-0.2, 0) is 4.79 Å². The van der Waals surface area contributed by atoms with Crippen molar-refractivity contribution in [2.45, 2.75) is 24.0 Å². The molecule has 0 aliphatic heterocycles. The fourth-order valence-corrected chi connectivity index (χ4v) is 3.24. The summed E-state index contributed by atoms with van der Waals surface area (Å²) in [6.45, 7) is 4.22. The number of rotatable bonds is 6. The number of nitro benzene ring substituents is 1. The number of non-ortho nitro benzene ring substituents is 1. The molecule has 1 heterocycles. The molecule has 1 amide bonds. The van der Waals surface area contributed by atoms with E-state index < -0.39 is 4.92 Å². The summed E-state index contributed by atoms with van der Waals surface area (Å²) in [5.74, 6) is 0.539. The standard InChI is InChI=1S/C16H16BrN3O3S/c1-3-19(15-9-4-12(17)10-18-15)16(21)11(2)24-14-7-5-13(6-8-14)20(22)23/h4-11H,3H2,1-2H3. The van der Waals surface area contributed by atoms with Crippen molar-refractivity contribution in [3.63, 3.8) is 0 Å². The number of nitrogens with zero attached hydrogens (tertiary/aromatic N) is 3. The Morgan fingerprint density at radius 2 is 2.00 bits per heavy atom. The lowest BCUT2D eigenvalue weighted by Gasteiger charge is -2.23. The van der Waals surface area contributed by atoms with Gasteiger partial charge < -0.3 is 0 Å². The van der Waals surface area contributed by atoms with E-state index in [1.54, 1.807) is 29.3 Å². The van der Waals surface area contributed by atoms with Gasteiger partial charge in [-0.05, 0) is 54.0 Å². The molecule has 0 saturated heterocycles. The quantitative estimate of drug-likeness (QED) is 0.404. The van der Waals surface area contributed by atoms with E-state index in [2.05, 4.69) is 20.9 Å². The van der Waals surface area contributed by atoms with Crippen LogP contribution in [0.3, 0.4) is 0 Å². The number of halogens is 1. The number of carbonyl (C=O) groups is 1. The first kappa shape index (κ1) is 18.4. The molecular weight excluding hydrogens is 394 g/mol. The van der Waals surface area contributed by atoms with Crippen molar-refractivity contribution in [2.24, 2.45) is 0 Å². The van der Waals surface area contributed by atoms with Crippen molar-refractivity contribution in [2.75, 3.05) is 11.4 Å². The molecule has 0 spiro atoms. The van der Waals surface area contributed by atoms with Gasteiger partial charge in [-0.3, -0.25) is 19.8 Å². The largest absolute Gasteiger partial charge is 0.296 e. The number of aromatic nitrogens is 1. The summed E-state index contributed by atoms with van der Waals surface area (Å²) in [6.07, 6.45) is 1.65. The minimum Gasteiger partial charge on any atom is -0.296 e. The Hall–Kier alpha value is -1.93. The summed E-state index contributed by atoms with van der Waals surface area (Å²) in [5, 5.41) is 10.3. The third-order valence-corrected chi connectivity index (χ3v) is 4.85. The molecule has 0 fully saturated rings. The van der Waals surface area contributed by atoms with Crippen LogP contribution in [0.5, 0.6) is 0 Å². The molecule has 1 unspecified atom stereocenters. The summed E-state index contributed by atoms with van der Waals surface area (Å²) < 4.78 is 0.850. The average molecular weight is 410 g/mol. The molecule has 0 radical (unpaired) electrons. The zero-order valence-electron chi connectivity index (χ0n) is 13.2. The van der Waals surface area contributed by atoms with Crippen LogP contribution in [0, 0.1) is 10.1 Å². The van der Waals surface area contributed by atoms with Gasteiger partial charge >= 0.3 is 0 Å². The van der Waals surface area contributed by atoms with Gasteiger partial charge in [0.25, 0.3) is 5.69 Å². The molecule has 0 aliphatic rings. The Bertz CT molecular complexity index is 722. The van der Waals surface area contributed by atoms with E-state index in [9.17, 15) is 14.9 Å². The van der Waals surface area contributed by atoms with Crippen molar-refractivity contribution in [3.05, 3.63) is 57.2 Å². The van der Waals surface area contributed by atoms with E-state index in [4.69, 9.17) is 0 Å². The van der Waals surface area contributed by atoms with Crippen molar-refractivity contribution in [1.29, 1.82) is 0 Å². The van der Waals surface area contributed by atoms with Crippen LogP contribution in [0.2, 0.25) is 0 Å². The van der Waals surface area contributed by atoms with Crippen LogP contribution in [-0.4, -0.2) is 27.6 Å². The van der Waals surface area contributed by atoms with Crippen LogP contribution in [0.25, 0.3) is 0 Å². The molecule has 2 aromatic rings. The van der Waals surface area contributed by atoms with E-state index in [0.29, 0.717) is 12.4 Å². The first-order chi connectivity index (χ1) is 11.4. The van der Waals surface area contributed by atoms with E-state index in [-0.39, 0.29) is 16.8 Å². The molecule has 0 bridgehead atoms. The SMILES string of the molecule is CCN(C(=O)C(C)Sc1ccc([N+](=O)[O-])cc1)c1ccc(Br)cn1. The van der Waals surface area contributed by atoms with Gasteiger partial charge in [0, 0.05) is 34.2 Å². The van der Waals surface area contributed by atoms with E-state index in [1.807, 2.05) is 19.9 Å². The van der Waals surface area contributed by atoms with Gasteiger partial charge in [0.15, 0.2) is 0 Å². The first-order valence-corrected chi connectivity index (χ1v) is 8.93. The Morgan fingerprint density at radius 3 is 2.50 bits per heavy atom. The highest BCUT2D eigenvalue weighted by Crippen LogP contribution is 2.27. The summed E-state index contributed by atoms with van der Waals surface area (Å²) in [7, 11) is 0. The summed E-state index contributed by atoms with van der Waals surface area (Å²) in [4.78, 5) is 29.6. The van der Waals surface area contributed by atoms with Gasteiger partial charge in [-0.15, -0.1) is 11.8 Å². The minimum absolute atomic E-state index is 0.0348. The molecule has 2 rings (SSSR count). The molecule has 0 saturated carbocycles. The van der Waals surface area contributed by atoms with Crippen LogP contribution in [0.4, 0.5) is 11.5 Å². The van der Waals surface area contributed by atoms with Gasteiger partial charge in [-0.2, -0.15) is 0 Å². The predicted octanol–water partition coefficient (Wildman–Crippen LogP) is 4.29. The Labute approximate surface area is 152 Å². The minimum atomic E-state index is -0.443. The predicted molar refractivity (Wildman–Crippen MR) is 98.4 cm³/mol. The van der Waals surface area contributed by atoms with Gasteiger partial charge in [0.05, 0.1) is 10.2 Å². The number of carbonyl (C=O) groups excluding carboxylic acids is 1. The maximum atomic E-state index is 12.7. The molecule has 126 valence electrons. The highest BCUT2D eigenvalue weighted by Gasteiger charge is 2.22. The third kappa shape index (κ3) is 4.55. The lowest BCUT2D eigenvalue weighted by Crippen LogP contribution is -2.37. The number of benzene rings is 1. The van der Waals surface area contributed by atoms with Gasteiger partial charge in [0.2, 0.25) is 5.91 Å². The fraction of sp³-hybridized carbons (Fsp3) is 0.250. The molecular formula is C16H16BrN3O3S. The molecule has 0 N–H and O–H groups in total. The molecule has 1 aromatic carbocycles. The fourth-order valence-electron chi connectivity index (χ4n) is 2.08. The molecule has 1 aromatic heterocycles. The Balaban J connectivity index is 2.09. The first-order valence-electron chi connectivity index (χ1n) is 7.26. The van der Waals surface area contributed by atoms with Crippen molar-refractivity contribution < 1.29 is 9.72 Å². The van der Waals surface area contributed by atoms with Crippen LogP contribution < -0.4 is 4.90 Å². The van der Waals surface area contributed by atoms with Gasteiger partial charge in [-0.25, -0.2) is 4.98 Å². The monoisotopic (exact) mass is 409 g/mol. The average Bonchev–Trinajstić information content (AvgIpc) is 2.57.